The van der Waals surface area contributed by atoms with Crippen LogP contribution < -0.4 is 9.80 Å². The summed E-state index contributed by atoms with van der Waals surface area (Å²) < 4.78 is 0. The molecule has 2 aliphatic rings. The van der Waals surface area contributed by atoms with Crippen LogP contribution in [0.3, 0.4) is 0 Å². The van der Waals surface area contributed by atoms with Gasteiger partial charge in [0.05, 0.1) is 6.42 Å². The fourth-order valence-electron chi connectivity index (χ4n) is 3.82. The number of carbonyl (C=O) groups is 1. The predicted octanol–water partition coefficient (Wildman–Crippen LogP) is 2.28. The molecular weight excluding hydrogens is 338 g/mol. The lowest BCUT2D eigenvalue weighted by Gasteiger charge is -2.36. The Labute approximate surface area is 160 Å². The zero-order valence-corrected chi connectivity index (χ0v) is 16.0. The van der Waals surface area contributed by atoms with Gasteiger partial charge in [-0.25, -0.2) is 4.98 Å². The molecule has 0 radical (unpaired) electrons. The van der Waals surface area contributed by atoms with Crippen molar-refractivity contribution in [3.63, 3.8) is 0 Å². The zero-order chi connectivity index (χ0) is 18.6. The number of aromatic nitrogens is 2. The topological polar surface area (TPSA) is 52.6 Å². The number of amides is 1. The summed E-state index contributed by atoms with van der Waals surface area (Å²) in [4.78, 5) is 28.5. The molecule has 6 heteroatoms. The Morgan fingerprint density at radius 3 is 2.33 bits per heavy atom. The van der Waals surface area contributed by atoms with Crippen LogP contribution in [0.15, 0.2) is 36.4 Å². The van der Waals surface area contributed by atoms with Crippen LogP contribution in [0.5, 0.6) is 0 Å². The molecule has 0 unspecified atom stereocenters. The lowest BCUT2D eigenvalue weighted by Crippen LogP contribution is -2.49. The van der Waals surface area contributed by atoms with Gasteiger partial charge in [0.2, 0.25) is 11.9 Å². The highest BCUT2D eigenvalue weighted by atomic mass is 16.2. The maximum atomic E-state index is 12.6. The van der Waals surface area contributed by atoms with E-state index in [9.17, 15) is 4.79 Å². The van der Waals surface area contributed by atoms with E-state index in [1.54, 1.807) is 0 Å². The first-order chi connectivity index (χ1) is 13.2. The van der Waals surface area contributed by atoms with Gasteiger partial charge in [-0.05, 0) is 25.3 Å². The van der Waals surface area contributed by atoms with Gasteiger partial charge in [0.1, 0.15) is 5.82 Å². The van der Waals surface area contributed by atoms with Gasteiger partial charge in [-0.3, -0.25) is 4.79 Å². The minimum Gasteiger partial charge on any atom is -0.353 e. The maximum absolute atomic E-state index is 12.6. The Morgan fingerprint density at radius 1 is 0.926 bits per heavy atom. The molecule has 2 aromatic rings. The number of benzene rings is 1. The maximum Gasteiger partial charge on any atom is 0.227 e. The van der Waals surface area contributed by atoms with Crippen molar-refractivity contribution in [2.45, 2.75) is 26.2 Å². The number of anilines is 2. The van der Waals surface area contributed by atoms with E-state index in [2.05, 4.69) is 20.9 Å². The van der Waals surface area contributed by atoms with E-state index in [1.165, 1.54) is 12.8 Å². The highest BCUT2D eigenvalue weighted by Gasteiger charge is 2.23. The van der Waals surface area contributed by atoms with Gasteiger partial charge in [0.25, 0.3) is 0 Å². The second-order valence-corrected chi connectivity index (χ2v) is 7.39. The van der Waals surface area contributed by atoms with Crippen LogP contribution in [0.2, 0.25) is 0 Å². The second kappa shape index (κ2) is 7.94. The zero-order valence-electron chi connectivity index (χ0n) is 16.0. The molecule has 0 bridgehead atoms. The van der Waals surface area contributed by atoms with E-state index in [0.717, 1.165) is 62.3 Å². The number of aryl methyl sites for hydroxylation is 1. The lowest BCUT2D eigenvalue weighted by atomic mass is 10.1. The van der Waals surface area contributed by atoms with E-state index < -0.39 is 0 Å². The largest absolute Gasteiger partial charge is 0.353 e. The van der Waals surface area contributed by atoms with Crippen LogP contribution >= 0.6 is 0 Å². The number of nitrogens with zero attached hydrogens (tertiary/aromatic N) is 5. The number of rotatable bonds is 4. The Balaban J connectivity index is 1.38. The first kappa shape index (κ1) is 17.8. The molecule has 1 aromatic heterocycles. The Bertz CT molecular complexity index is 780. The average molecular weight is 365 g/mol. The molecule has 0 N–H and O–H groups in total. The van der Waals surface area contributed by atoms with Crippen LogP contribution in [0.25, 0.3) is 0 Å². The van der Waals surface area contributed by atoms with E-state index in [4.69, 9.17) is 4.98 Å². The molecule has 0 spiro atoms. The molecule has 1 amide bonds. The number of carbonyl (C=O) groups excluding carboxylic acids is 1. The van der Waals surface area contributed by atoms with Crippen molar-refractivity contribution in [2.75, 3.05) is 49.1 Å². The summed E-state index contributed by atoms with van der Waals surface area (Å²) in [6.07, 6.45) is 2.91. The smallest absolute Gasteiger partial charge is 0.227 e. The fraction of sp³-hybridized carbons (Fsp3) is 0.476. The molecule has 6 nitrogen and oxygen atoms in total. The molecule has 2 saturated heterocycles. The molecule has 0 aliphatic carbocycles. The van der Waals surface area contributed by atoms with Crippen molar-refractivity contribution in [2.24, 2.45) is 0 Å². The average Bonchev–Trinajstić information content (AvgIpc) is 3.23. The van der Waals surface area contributed by atoms with Crippen molar-refractivity contribution in [1.29, 1.82) is 0 Å². The highest BCUT2D eigenvalue weighted by molar-refractivity contribution is 5.79. The lowest BCUT2D eigenvalue weighted by molar-refractivity contribution is -0.130. The van der Waals surface area contributed by atoms with Crippen molar-refractivity contribution in [1.82, 2.24) is 14.9 Å². The van der Waals surface area contributed by atoms with Crippen molar-refractivity contribution in [3.05, 3.63) is 47.7 Å². The van der Waals surface area contributed by atoms with Gasteiger partial charge >= 0.3 is 0 Å². The van der Waals surface area contributed by atoms with Crippen molar-refractivity contribution < 1.29 is 4.79 Å². The third-order valence-corrected chi connectivity index (χ3v) is 5.37. The standard InChI is InChI=1S/C21H27N5O/c1-17-15-19(23-21(22-17)26-9-5-6-10-26)24-11-13-25(14-12-24)20(27)16-18-7-3-2-4-8-18/h2-4,7-8,15H,5-6,9-14,16H2,1H3. The normalized spacial score (nSPS) is 17.4. The predicted molar refractivity (Wildman–Crippen MR) is 107 cm³/mol. The van der Waals surface area contributed by atoms with Gasteiger partial charge in [-0.15, -0.1) is 0 Å². The molecule has 27 heavy (non-hydrogen) atoms. The molecule has 4 rings (SSSR count). The van der Waals surface area contributed by atoms with E-state index in [0.29, 0.717) is 6.42 Å². The molecule has 0 atom stereocenters. The molecular formula is C21H27N5O. The van der Waals surface area contributed by atoms with E-state index in [-0.39, 0.29) is 5.91 Å². The monoisotopic (exact) mass is 365 g/mol. The minimum absolute atomic E-state index is 0.206. The van der Waals surface area contributed by atoms with E-state index in [1.807, 2.05) is 42.2 Å². The van der Waals surface area contributed by atoms with E-state index >= 15 is 0 Å². The van der Waals surface area contributed by atoms with Crippen LogP contribution in [0.4, 0.5) is 11.8 Å². The minimum atomic E-state index is 0.206. The number of hydrogen-bond donors (Lipinski definition) is 0. The molecule has 142 valence electrons. The fourth-order valence-corrected chi connectivity index (χ4v) is 3.82. The summed E-state index contributed by atoms with van der Waals surface area (Å²) in [7, 11) is 0. The SMILES string of the molecule is Cc1cc(N2CCN(C(=O)Cc3ccccc3)CC2)nc(N2CCCC2)n1. The third kappa shape index (κ3) is 4.21. The second-order valence-electron chi connectivity index (χ2n) is 7.39. The summed E-state index contributed by atoms with van der Waals surface area (Å²) in [5.41, 5.74) is 2.08. The number of piperazine rings is 1. The molecule has 0 saturated carbocycles. The van der Waals surface area contributed by atoms with Gasteiger partial charge in [0.15, 0.2) is 0 Å². The van der Waals surface area contributed by atoms with Gasteiger partial charge in [-0.2, -0.15) is 4.98 Å². The molecule has 2 aliphatic heterocycles. The van der Waals surface area contributed by atoms with Crippen LogP contribution in [0, 0.1) is 6.92 Å². The Kier molecular flexibility index (Phi) is 5.23. The summed E-state index contributed by atoms with van der Waals surface area (Å²) >= 11 is 0. The quantitative estimate of drug-likeness (QED) is 0.832. The van der Waals surface area contributed by atoms with Crippen molar-refractivity contribution >= 4 is 17.7 Å². The third-order valence-electron chi connectivity index (χ3n) is 5.37. The summed E-state index contributed by atoms with van der Waals surface area (Å²) in [5.74, 6) is 2.04. The van der Waals surface area contributed by atoms with Gasteiger partial charge in [-0.1, -0.05) is 30.3 Å². The Hall–Kier alpha value is -2.63. The van der Waals surface area contributed by atoms with Gasteiger partial charge < -0.3 is 14.7 Å². The number of hydrogen-bond acceptors (Lipinski definition) is 5. The summed E-state index contributed by atoms with van der Waals surface area (Å²) in [6.45, 7) is 7.24. The van der Waals surface area contributed by atoms with Crippen LogP contribution in [-0.2, 0) is 11.2 Å². The molecule has 1 aromatic carbocycles. The summed E-state index contributed by atoms with van der Waals surface area (Å²) in [6, 6.07) is 12.0. The highest BCUT2D eigenvalue weighted by Crippen LogP contribution is 2.22. The van der Waals surface area contributed by atoms with Gasteiger partial charge in [0, 0.05) is 51.0 Å². The van der Waals surface area contributed by atoms with Crippen LogP contribution in [-0.4, -0.2) is 60.0 Å². The first-order valence-corrected chi connectivity index (χ1v) is 9.86. The molecule has 2 fully saturated rings. The van der Waals surface area contributed by atoms with Crippen LogP contribution in [0.1, 0.15) is 24.1 Å². The van der Waals surface area contributed by atoms with Crippen molar-refractivity contribution in [3.8, 4) is 0 Å². The molecule has 3 heterocycles. The summed E-state index contributed by atoms with van der Waals surface area (Å²) in [5, 5.41) is 0. The Morgan fingerprint density at radius 2 is 1.63 bits per heavy atom. The first-order valence-electron chi connectivity index (χ1n) is 9.86.